The van der Waals surface area contributed by atoms with Crippen LogP contribution in [0, 0.1) is 6.92 Å². The number of aromatic nitrogens is 1. The van der Waals surface area contributed by atoms with Crippen molar-refractivity contribution >= 4 is 11.8 Å². The van der Waals surface area contributed by atoms with Crippen LogP contribution in [0.25, 0.3) is 16.9 Å². The minimum atomic E-state index is -0.143. The lowest BCUT2D eigenvalue weighted by Crippen LogP contribution is -2.50. The van der Waals surface area contributed by atoms with Crippen LogP contribution >= 0.6 is 0 Å². The molecule has 0 saturated carbocycles. The molecule has 35 heavy (non-hydrogen) atoms. The summed E-state index contributed by atoms with van der Waals surface area (Å²) in [5.74, 6) is 0.929. The monoisotopic (exact) mass is 469 g/mol. The molecule has 3 heterocycles. The molecule has 2 aromatic carbocycles. The summed E-state index contributed by atoms with van der Waals surface area (Å²) < 4.78 is 12.7. The molecular formula is C28H27N3O4. The minimum absolute atomic E-state index is 0.0305. The van der Waals surface area contributed by atoms with Crippen molar-refractivity contribution in [3.63, 3.8) is 0 Å². The third-order valence-corrected chi connectivity index (χ3v) is 6.46. The van der Waals surface area contributed by atoms with Crippen molar-refractivity contribution in [1.29, 1.82) is 0 Å². The van der Waals surface area contributed by atoms with Gasteiger partial charge >= 0.3 is 0 Å². The predicted molar refractivity (Wildman–Crippen MR) is 133 cm³/mol. The summed E-state index contributed by atoms with van der Waals surface area (Å²) in [6.45, 7) is 3.85. The molecule has 7 nitrogen and oxygen atoms in total. The van der Waals surface area contributed by atoms with E-state index in [0.29, 0.717) is 37.5 Å². The van der Waals surface area contributed by atoms with Crippen molar-refractivity contribution in [2.24, 2.45) is 0 Å². The molecule has 2 aromatic heterocycles. The first-order valence-corrected chi connectivity index (χ1v) is 11.6. The maximum Gasteiger partial charge on any atom is 0.289 e. The number of furan rings is 1. The first kappa shape index (κ1) is 22.5. The van der Waals surface area contributed by atoms with Crippen LogP contribution in [-0.2, 0) is 0 Å². The fourth-order valence-corrected chi connectivity index (χ4v) is 4.55. The SMILES string of the molecule is COc1ccc(-c2cc(C(=O)N3CCN(C(=O)c4ccco4)CC3)c(C)n2-c2ccccc2)cc1. The number of benzene rings is 2. The topological polar surface area (TPSA) is 67.9 Å². The number of ether oxygens (including phenoxy) is 1. The molecule has 2 amide bonds. The molecule has 1 aliphatic rings. The molecule has 1 aliphatic heterocycles. The van der Waals surface area contributed by atoms with E-state index in [-0.39, 0.29) is 11.8 Å². The van der Waals surface area contributed by atoms with Crippen molar-refractivity contribution < 1.29 is 18.7 Å². The maximum absolute atomic E-state index is 13.6. The number of nitrogens with zero attached hydrogens (tertiary/aromatic N) is 3. The van der Waals surface area contributed by atoms with Crippen molar-refractivity contribution in [2.45, 2.75) is 6.92 Å². The Bertz CT molecular complexity index is 1320. The van der Waals surface area contributed by atoms with Gasteiger partial charge in [-0.1, -0.05) is 18.2 Å². The highest BCUT2D eigenvalue weighted by atomic mass is 16.5. The molecule has 0 unspecified atom stereocenters. The van der Waals surface area contributed by atoms with Gasteiger partial charge in [-0.05, 0) is 67.1 Å². The van der Waals surface area contributed by atoms with Crippen LogP contribution in [0.1, 0.15) is 26.6 Å². The van der Waals surface area contributed by atoms with E-state index in [4.69, 9.17) is 9.15 Å². The largest absolute Gasteiger partial charge is 0.497 e. The summed E-state index contributed by atoms with van der Waals surface area (Å²) in [7, 11) is 1.64. The van der Waals surface area contributed by atoms with Crippen LogP contribution in [-0.4, -0.2) is 59.5 Å². The third kappa shape index (κ3) is 4.33. The molecule has 0 spiro atoms. The van der Waals surface area contributed by atoms with Crippen molar-refractivity contribution in [1.82, 2.24) is 14.4 Å². The van der Waals surface area contributed by atoms with E-state index in [2.05, 4.69) is 4.57 Å². The lowest BCUT2D eigenvalue weighted by atomic mass is 10.1. The number of hydrogen-bond donors (Lipinski definition) is 0. The maximum atomic E-state index is 13.6. The van der Waals surface area contributed by atoms with E-state index < -0.39 is 0 Å². The smallest absolute Gasteiger partial charge is 0.289 e. The Balaban J connectivity index is 1.43. The minimum Gasteiger partial charge on any atom is -0.497 e. The predicted octanol–water partition coefficient (Wildman–Crippen LogP) is 4.65. The van der Waals surface area contributed by atoms with E-state index in [1.807, 2.05) is 72.5 Å². The first-order chi connectivity index (χ1) is 17.1. The second kappa shape index (κ2) is 9.54. The number of hydrogen-bond acceptors (Lipinski definition) is 4. The second-order valence-corrected chi connectivity index (χ2v) is 8.49. The molecule has 0 aliphatic carbocycles. The van der Waals surface area contributed by atoms with E-state index in [1.165, 1.54) is 6.26 Å². The van der Waals surface area contributed by atoms with Gasteiger partial charge in [0.25, 0.3) is 11.8 Å². The van der Waals surface area contributed by atoms with E-state index in [1.54, 1.807) is 24.1 Å². The molecule has 7 heteroatoms. The van der Waals surface area contributed by atoms with Crippen molar-refractivity contribution in [2.75, 3.05) is 33.3 Å². The quantitative estimate of drug-likeness (QED) is 0.427. The molecule has 0 radical (unpaired) electrons. The lowest BCUT2D eigenvalue weighted by molar-refractivity contribution is 0.0518. The number of para-hydroxylation sites is 1. The fraction of sp³-hybridized carbons (Fsp3) is 0.214. The van der Waals surface area contributed by atoms with E-state index >= 15 is 0 Å². The Morgan fingerprint density at radius 3 is 2.09 bits per heavy atom. The van der Waals surface area contributed by atoms with E-state index in [9.17, 15) is 9.59 Å². The number of carbonyl (C=O) groups excluding carboxylic acids is 2. The van der Waals surface area contributed by atoms with Gasteiger partial charge in [-0.15, -0.1) is 0 Å². The average molecular weight is 470 g/mol. The van der Waals surface area contributed by atoms with Gasteiger partial charge in [0.15, 0.2) is 5.76 Å². The van der Waals surface area contributed by atoms with Gasteiger partial charge < -0.3 is 23.5 Å². The highest BCUT2D eigenvalue weighted by Crippen LogP contribution is 2.31. The molecule has 1 fully saturated rings. The van der Waals surface area contributed by atoms with Gasteiger partial charge in [0.05, 0.1) is 24.6 Å². The summed E-state index contributed by atoms with van der Waals surface area (Å²) in [4.78, 5) is 29.8. The van der Waals surface area contributed by atoms with Gasteiger partial charge in [0, 0.05) is 37.6 Å². The first-order valence-electron chi connectivity index (χ1n) is 11.6. The average Bonchev–Trinajstić information content (AvgIpc) is 3.57. The standard InChI is InChI=1S/C28H27N3O4/c1-20-24(27(32)29-14-16-30(17-15-29)28(33)26-9-6-18-35-26)19-25(21-10-12-23(34-2)13-11-21)31(20)22-7-4-3-5-8-22/h3-13,18-19H,14-17H2,1-2H3. The second-order valence-electron chi connectivity index (χ2n) is 8.49. The fourth-order valence-electron chi connectivity index (χ4n) is 4.55. The van der Waals surface area contributed by atoms with Crippen molar-refractivity contribution in [3.8, 4) is 22.7 Å². The summed E-state index contributed by atoms with van der Waals surface area (Å²) in [5.41, 5.74) is 4.45. The molecule has 0 bridgehead atoms. The Labute approximate surface area is 204 Å². The summed E-state index contributed by atoms with van der Waals surface area (Å²) >= 11 is 0. The highest BCUT2D eigenvalue weighted by Gasteiger charge is 2.29. The number of piperazine rings is 1. The lowest BCUT2D eigenvalue weighted by Gasteiger charge is -2.34. The Kier molecular flexibility index (Phi) is 6.14. The van der Waals surface area contributed by atoms with Gasteiger partial charge in [0.1, 0.15) is 5.75 Å². The molecular weight excluding hydrogens is 442 g/mol. The molecule has 0 atom stereocenters. The van der Waals surface area contributed by atoms with Crippen LogP contribution in [0.5, 0.6) is 5.75 Å². The number of amides is 2. The van der Waals surface area contributed by atoms with Crippen LogP contribution in [0.3, 0.4) is 0 Å². The van der Waals surface area contributed by atoms with Gasteiger partial charge in [-0.3, -0.25) is 9.59 Å². The highest BCUT2D eigenvalue weighted by molar-refractivity contribution is 5.98. The Morgan fingerprint density at radius 2 is 1.49 bits per heavy atom. The van der Waals surface area contributed by atoms with Crippen LogP contribution in [0.2, 0.25) is 0 Å². The number of methoxy groups -OCH3 is 1. The van der Waals surface area contributed by atoms with Gasteiger partial charge in [-0.2, -0.15) is 0 Å². The normalized spacial score (nSPS) is 13.7. The Hall–Kier alpha value is -4.26. The van der Waals surface area contributed by atoms with Crippen LogP contribution in [0.15, 0.2) is 83.5 Å². The van der Waals surface area contributed by atoms with Gasteiger partial charge in [0.2, 0.25) is 0 Å². The molecule has 0 N–H and O–H groups in total. The van der Waals surface area contributed by atoms with Crippen LogP contribution < -0.4 is 4.74 Å². The zero-order valence-electron chi connectivity index (χ0n) is 19.8. The zero-order chi connectivity index (χ0) is 24.4. The van der Waals surface area contributed by atoms with Gasteiger partial charge in [-0.25, -0.2) is 0 Å². The summed E-state index contributed by atoms with van der Waals surface area (Å²) in [5, 5.41) is 0. The number of rotatable bonds is 5. The van der Waals surface area contributed by atoms with Crippen molar-refractivity contribution in [3.05, 3.63) is 96.1 Å². The molecule has 178 valence electrons. The zero-order valence-corrected chi connectivity index (χ0v) is 19.8. The van der Waals surface area contributed by atoms with Crippen LogP contribution in [0.4, 0.5) is 0 Å². The summed E-state index contributed by atoms with van der Waals surface area (Å²) in [6.07, 6.45) is 1.49. The number of carbonyl (C=O) groups is 2. The summed E-state index contributed by atoms with van der Waals surface area (Å²) in [6, 6.07) is 23.2. The molecule has 4 aromatic rings. The molecule has 1 saturated heterocycles. The third-order valence-electron chi connectivity index (χ3n) is 6.46. The van der Waals surface area contributed by atoms with E-state index in [0.717, 1.165) is 28.4 Å². The molecule has 5 rings (SSSR count). The Morgan fingerprint density at radius 1 is 0.829 bits per heavy atom.